The average Bonchev–Trinajstić information content (AvgIpc) is 3.30. The Balaban J connectivity index is 1.32. The minimum absolute atomic E-state index is 0.129. The number of para-hydroxylation sites is 1. The summed E-state index contributed by atoms with van der Waals surface area (Å²) in [7, 11) is 0. The normalized spacial score (nSPS) is 16.6. The summed E-state index contributed by atoms with van der Waals surface area (Å²) in [5, 5.41) is 15.9. The molecule has 2 aliphatic rings. The van der Waals surface area contributed by atoms with Crippen LogP contribution in [0.1, 0.15) is 28.1 Å². The third-order valence-corrected chi connectivity index (χ3v) is 7.83. The van der Waals surface area contributed by atoms with Gasteiger partial charge >= 0.3 is 6.03 Å². The maximum absolute atomic E-state index is 13.5. The second kappa shape index (κ2) is 9.68. The summed E-state index contributed by atoms with van der Waals surface area (Å²) >= 11 is 1.25. The standard InChI is InChI=1S/C28H24N6O3S/c1-17-14-20(37-19-7-3-2-4-8-19)9-10-21(17)34-22-11-12-30-27-23(22)24(32-28(34)36)25(38-27)26(35)31-18-6-5-13-33(15-18)16-29/h2-4,7-12,14,18H,5-6,13,15H2,1H3,(H,31,35)(H,32,36)/t18-/m0/s1. The molecule has 0 spiro atoms. The number of hydrogen-bond donors (Lipinski definition) is 2. The Bertz CT molecular complexity index is 1600. The van der Waals surface area contributed by atoms with Crippen LogP contribution >= 0.6 is 11.3 Å². The number of pyridine rings is 1. The molecule has 38 heavy (non-hydrogen) atoms. The van der Waals surface area contributed by atoms with Crippen molar-refractivity contribution in [3.8, 4) is 17.7 Å². The molecular formula is C28H24N6O3S. The van der Waals surface area contributed by atoms with E-state index < -0.39 is 0 Å². The number of carbonyl (C=O) groups excluding carboxylic acids is 2. The lowest BCUT2D eigenvalue weighted by Gasteiger charge is -2.30. The van der Waals surface area contributed by atoms with Gasteiger partial charge in [0.25, 0.3) is 5.91 Å². The topological polar surface area (TPSA) is 111 Å². The van der Waals surface area contributed by atoms with Gasteiger partial charge in [0.15, 0.2) is 6.19 Å². The highest BCUT2D eigenvalue weighted by Crippen LogP contribution is 2.46. The number of amides is 3. The number of carbonyl (C=O) groups is 2. The Morgan fingerprint density at radius 1 is 1.18 bits per heavy atom. The van der Waals surface area contributed by atoms with Crippen molar-refractivity contribution in [2.45, 2.75) is 25.8 Å². The minimum Gasteiger partial charge on any atom is -0.457 e. The van der Waals surface area contributed by atoms with Crippen LogP contribution in [0.5, 0.6) is 11.5 Å². The lowest BCUT2D eigenvalue weighted by Crippen LogP contribution is -2.46. The molecule has 3 amide bonds. The second-order valence-corrected chi connectivity index (χ2v) is 10.3. The lowest BCUT2D eigenvalue weighted by atomic mass is 10.1. The molecule has 190 valence electrons. The van der Waals surface area contributed by atoms with Gasteiger partial charge in [0, 0.05) is 25.3 Å². The number of likely N-dealkylation sites (tertiary alicyclic amines) is 1. The van der Waals surface area contributed by atoms with Gasteiger partial charge in [-0.1, -0.05) is 18.2 Å². The van der Waals surface area contributed by atoms with Crippen LogP contribution in [0.4, 0.5) is 21.9 Å². The van der Waals surface area contributed by atoms with Crippen molar-refractivity contribution in [2.24, 2.45) is 0 Å². The quantitative estimate of drug-likeness (QED) is 0.321. The van der Waals surface area contributed by atoms with E-state index in [0.29, 0.717) is 45.6 Å². The van der Waals surface area contributed by atoms with Gasteiger partial charge in [-0.25, -0.2) is 9.78 Å². The van der Waals surface area contributed by atoms with E-state index in [0.717, 1.165) is 29.5 Å². The van der Waals surface area contributed by atoms with Crippen LogP contribution in [0.25, 0.3) is 10.2 Å². The first-order valence-corrected chi connectivity index (χ1v) is 13.1. The van der Waals surface area contributed by atoms with Crippen LogP contribution in [0.3, 0.4) is 0 Å². The number of urea groups is 1. The molecule has 0 radical (unpaired) electrons. The Morgan fingerprint density at radius 3 is 2.82 bits per heavy atom. The molecule has 1 atom stereocenters. The predicted molar refractivity (Wildman–Crippen MR) is 146 cm³/mol. The predicted octanol–water partition coefficient (Wildman–Crippen LogP) is 5.76. The van der Waals surface area contributed by atoms with Crippen LogP contribution in [0.2, 0.25) is 0 Å². The lowest BCUT2D eigenvalue weighted by molar-refractivity contribution is 0.0923. The molecule has 10 heteroatoms. The fraction of sp³-hybridized carbons (Fsp3) is 0.214. The SMILES string of the molecule is Cc1cc(Oc2ccccc2)ccc1N1C(=O)Nc2c(C(=O)N[C@H]3CCCN(C#N)C3)sc3nccc1c23. The summed E-state index contributed by atoms with van der Waals surface area (Å²) in [4.78, 5) is 35.6. The number of thiophene rings is 1. The second-order valence-electron chi connectivity index (χ2n) is 9.30. The molecule has 0 saturated carbocycles. The number of nitriles is 1. The van der Waals surface area contributed by atoms with Gasteiger partial charge in [0.2, 0.25) is 0 Å². The van der Waals surface area contributed by atoms with Crippen LogP contribution in [0, 0.1) is 18.4 Å². The first-order valence-electron chi connectivity index (χ1n) is 12.3. The zero-order valence-electron chi connectivity index (χ0n) is 20.6. The van der Waals surface area contributed by atoms with Crippen molar-refractivity contribution in [1.82, 2.24) is 15.2 Å². The van der Waals surface area contributed by atoms with E-state index in [1.54, 1.807) is 22.1 Å². The summed E-state index contributed by atoms with van der Waals surface area (Å²) < 4.78 is 5.96. The smallest absolute Gasteiger partial charge is 0.331 e. The van der Waals surface area contributed by atoms with Crippen LogP contribution in [0.15, 0.2) is 60.8 Å². The molecule has 0 aliphatic carbocycles. The fourth-order valence-electron chi connectivity index (χ4n) is 4.99. The molecule has 2 aromatic carbocycles. The number of hydrogen-bond acceptors (Lipinski definition) is 7. The number of rotatable bonds is 5. The average molecular weight is 525 g/mol. The van der Waals surface area contributed by atoms with Crippen LogP contribution < -0.4 is 20.3 Å². The largest absolute Gasteiger partial charge is 0.457 e. The van der Waals surface area contributed by atoms with Gasteiger partial charge < -0.3 is 20.3 Å². The van der Waals surface area contributed by atoms with Gasteiger partial charge in [0.1, 0.15) is 21.2 Å². The molecule has 9 nitrogen and oxygen atoms in total. The number of aromatic nitrogens is 1. The van der Waals surface area contributed by atoms with Gasteiger partial charge in [-0.2, -0.15) is 5.26 Å². The number of nitrogens with zero attached hydrogens (tertiary/aromatic N) is 4. The number of ether oxygens (including phenoxy) is 1. The maximum atomic E-state index is 13.5. The molecular weight excluding hydrogens is 500 g/mol. The Hall–Kier alpha value is -4.62. The van der Waals surface area contributed by atoms with Crippen LogP contribution in [-0.4, -0.2) is 41.0 Å². The summed E-state index contributed by atoms with van der Waals surface area (Å²) in [6, 6.07) is 16.4. The van der Waals surface area contributed by atoms with Crippen molar-refractivity contribution in [1.29, 1.82) is 5.26 Å². The highest BCUT2D eigenvalue weighted by atomic mass is 32.1. The molecule has 2 aromatic heterocycles. The summed E-state index contributed by atoms with van der Waals surface area (Å²) in [6.07, 6.45) is 5.45. The van der Waals surface area contributed by atoms with Crippen LogP contribution in [-0.2, 0) is 0 Å². The van der Waals surface area contributed by atoms with Gasteiger partial charge in [0.05, 0.1) is 22.4 Å². The van der Waals surface area contributed by atoms with E-state index in [1.807, 2.05) is 55.5 Å². The maximum Gasteiger partial charge on any atom is 0.331 e. The zero-order chi connectivity index (χ0) is 26.2. The third kappa shape index (κ3) is 4.27. The third-order valence-electron chi connectivity index (χ3n) is 6.74. The molecule has 4 aromatic rings. The van der Waals surface area contributed by atoms with Gasteiger partial charge in [-0.15, -0.1) is 11.3 Å². The highest BCUT2D eigenvalue weighted by Gasteiger charge is 2.34. The number of nitrogens with one attached hydrogen (secondary N) is 2. The first-order chi connectivity index (χ1) is 18.5. The molecule has 1 fully saturated rings. The molecule has 4 heterocycles. The number of anilines is 3. The zero-order valence-corrected chi connectivity index (χ0v) is 21.4. The molecule has 1 saturated heterocycles. The van der Waals surface area contributed by atoms with E-state index in [-0.39, 0.29) is 18.0 Å². The van der Waals surface area contributed by atoms with E-state index in [9.17, 15) is 14.9 Å². The van der Waals surface area contributed by atoms with Crippen molar-refractivity contribution in [3.05, 3.63) is 71.2 Å². The molecule has 2 aliphatic heterocycles. The van der Waals surface area contributed by atoms with E-state index >= 15 is 0 Å². The Morgan fingerprint density at radius 2 is 2.03 bits per heavy atom. The van der Waals surface area contributed by atoms with Gasteiger partial charge in [-0.05, 0) is 61.7 Å². The van der Waals surface area contributed by atoms with E-state index in [4.69, 9.17) is 4.74 Å². The monoisotopic (exact) mass is 524 g/mol. The Labute approximate surface area is 223 Å². The summed E-state index contributed by atoms with van der Waals surface area (Å²) in [5.74, 6) is 1.13. The van der Waals surface area contributed by atoms with E-state index in [2.05, 4.69) is 21.8 Å². The first kappa shape index (κ1) is 23.8. The number of benzene rings is 2. The minimum atomic E-state index is -0.356. The molecule has 0 unspecified atom stereocenters. The fourth-order valence-corrected chi connectivity index (χ4v) is 6.01. The van der Waals surface area contributed by atoms with Crippen molar-refractivity contribution in [3.63, 3.8) is 0 Å². The van der Waals surface area contributed by atoms with Gasteiger partial charge in [-0.3, -0.25) is 9.69 Å². The molecule has 2 N–H and O–H groups in total. The molecule has 6 rings (SSSR count). The van der Waals surface area contributed by atoms with Crippen molar-refractivity contribution >= 4 is 50.6 Å². The van der Waals surface area contributed by atoms with Crippen molar-refractivity contribution < 1.29 is 14.3 Å². The van der Waals surface area contributed by atoms with E-state index in [1.165, 1.54) is 11.3 Å². The number of piperidine rings is 1. The highest BCUT2D eigenvalue weighted by molar-refractivity contribution is 7.21. The molecule has 0 bridgehead atoms. The summed E-state index contributed by atoms with van der Waals surface area (Å²) in [5.41, 5.74) is 2.70. The number of aryl methyl sites for hydroxylation is 1. The van der Waals surface area contributed by atoms with Crippen molar-refractivity contribution in [2.75, 3.05) is 23.3 Å². The Kier molecular flexibility index (Phi) is 6.05. The summed E-state index contributed by atoms with van der Waals surface area (Å²) in [6.45, 7) is 3.11.